The predicted octanol–water partition coefficient (Wildman–Crippen LogP) is 2.86. The first-order chi connectivity index (χ1) is 9.52. The second kappa shape index (κ2) is 5.61. The molecule has 0 aliphatic carbocycles. The van der Waals surface area contributed by atoms with Crippen LogP contribution in [-0.2, 0) is 4.74 Å². The van der Waals surface area contributed by atoms with Crippen LogP contribution in [0, 0.1) is 13.8 Å². The van der Waals surface area contributed by atoms with Gasteiger partial charge in [-0.2, -0.15) is 0 Å². The summed E-state index contributed by atoms with van der Waals surface area (Å²) in [4.78, 5) is 15.7. The fourth-order valence-electron chi connectivity index (χ4n) is 1.80. The lowest BCUT2D eigenvalue weighted by atomic mass is 10.1. The van der Waals surface area contributed by atoms with Crippen molar-refractivity contribution in [2.24, 2.45) is 0 Å². The van der Waals surface area contributed by atoms with Crippen molar-refractivity contribution in [1.82, 2.24) is 4.98 Å². The van der Waals surface area contributed by atoms with Gasteiger partial charge in [0.05, 0.1) is 7.11 Å². The van der Waals surface area contributed by atoms with Gasteiger partial charge in [-0.25, -0.2) is 9.78 Å². The van der Waals surface area contributed by atoms with Gasteiger partial charge in [0.25, 0.3) is 0 Å². The van der Waals surface area contributed by atoms with Gasteiger partial charge in [0, 0.05) is 18.0 Å². The number of aromatic nitrogens is 1. The van der Waals surface area contributed by atoms with Crippen LogP contribution in [-0.4, -0.2) is 18.1 Å². The molecule has 0 spiro atoms. The maximum Gasteiger partial charge on any atom is 0.343 e. The summed E-state index contributed by atoms with van der Waals surface area (Å²) in [6.45, 7) is 3.83. The summed E-state index contributed by atoms with van der Waals surface area (Å²) < 4.78 is 10.4. The Morgan fingerprint density at radius 1 is 1.25 bits per heavy atom. The van der Waals surface area contributed by atoms with E-state index >= 15 is 0 Å². The number of carbonyl (C=O) groups excluding carboxylic acids is 1. The van der Waals surface area contributed by atoms with E-state index in [1.807, 2.05) is 19.9 Å². The number of nitrogen functional groups attached to an aromatic ring is 1. The molecule has 5 heteroatoms. The van der Waals surface area contributed by atoms with Gasteiger partial charge in [0.1, 0.15) is 11.3 Å². The highest BCUT2D eigenvalue weighted by Gasteiger charge is 2.15. The Morgan fingerprint density at radius 2 is 2.00 bits per heavy atom. The van der Waals surface area contributed by atoms with Crippen LogP contribution in [0.5, 0.6) is 11.6 Å². The van der Waals surface area contributed by atoms with Crippen LogP contribution >= 0.6 is 0 Å². The molecule has 0 saturated carbocycles. The van der Waals surface area contributed by atoms with E-state index in [-0.39, 0.29) is 11.4 Å². The number of methoxy groups -OCH3 is 1. The quantitative estimate of drug-likeness (QED) is 0.687. The Balaban J connectivity index is 2.40. The Bertz CT molecular complexity index is 654. The number of hydrogen-bond acceptors (Lipinski definition) is 5. The van der Waals surface area contributed by atoms with Crippen molar-refractivity contribution in [3.8, 4) is 11.6 Å². The molecule has 2 rings (SSSR count). The van der Waals surface area contributed by atoms with Gasteiger partial charge < -0.3 is 15.2 Å². The Kier molecular flexibility index (Phi) is 3.89. The average Bonchev–Trinajstić information content (AvgIpc) is 2.44. The summed E-state index contributed by atoms with van der Waals surface area (Å²) in [6, 6.07) is 6.89. The number of benzene rings is 1. The maximum atomic E-state index is 11.7. The summed E-state index contributed by atoms with van der Waals surface area (Å²) in [5.41, 5.74) is 8.66. The third-order valence-electron chi connectivity index (χ3n) is 2.95. The van der Waals surface area contributed by atoms with Crippen molar-refractivity contribution in [3.05, 3.63) is 47.2 Å². The average molecular weight is 272 g/mol. The first-order valence-corrected chi connectivity index (χ1v) is 6.11. The molecule has 1 aromatic carbocycles. The van der Waals surface area contributed by atoms with E-state index in [1.54, 1.807) is 24.4 Å². The van der Waals surface area contributed by atoms with E-state index in [1.165, 1.54) is 7.11 Å². The standard InChI is InChI=1S/C15H16N2O3/c1-9-7-10(2)13(8-12(9)16)20-14-11(15(18)19-3)5-4-6-17-14/h4-8H,16H2,1-3H3. The number of ether oxygens (including phenoxy) is 2. The zero-order valence-corrected chi connectivity index (χ0v) is 11.6. The molecule has 0 unspecified atom stereocenters. The monoisotopic (exact) mass is 272 g/mol. The smallest absolute Gasteiger partial charge is 0.343 e. The third-order valence-corrected chi connectivity index (χ3v) is 2.95. The molecule has 0 aliphatic rings. The molecular formula is C15H16N2O3. The normalized spacial score (nSPS) is 10.2. The molecule has 0 bridgehead atoms. The molecule has 5 nitrogen and oxygen atoms in total. The second-order valence-corrected chi connectivity index (χ2v) is 4.42. The molecule has 2 N–H and O–H groups in total. The van der Waals surface area contributed by atoms with Gasteiger partial charge in [0.2, 0.25) is 5.88 Å². The zero-order valence-electron chi connectivity index (χ0n) is 11.6. The van der Waals surface area contributed by atoms with Crippen molar-refractivity contribution in [3.63, 3.8) is 0 Å². The highest BCUT2D eigenvalue weighted by molar-refractivity contribution is 5.91. The largest absolute Gasteiger partial charge is 0.465 e. The minimum atomic E-state index is -0.495. The van der Waals surface area contributed by atoms with Gasteiger partial charge in [-0.05, 0) is 37.1 Å². The lowest BCUT2D eigenvalue weighted by Gasteiger charge is -2.12. The van der Waals surface area contributed by atoms with E-state index in [0.717, 1.165) is 11.1 Å². The number of esters is 1. The Hall–Kier alpha value is -2.56. The van der Waals surface area contributed by atoms with Crippen LogP contribution in [0.3, 0.4) is 0 Å². The molecule has 20 heavy (non-hydrogen) atoms. The summed E-state index contributed by atoms with van der Waals surface area (Å²) in [5, 5.41) is 0. The highest BCUT2D eigenvalue weighted by atomic mass is 16.5. The SMILES string of the molecule is COC(=O)c1cccnc1Oc1cc(N)c(C)cc1C. The number of hydrogen-bond donors (Lipinski definition) is 1. The van der Waals surface area contributed by atoms with Crippen LogP contribution in [0.1, 0.15) is 21.5 Å². The number of carbonyl (C=O) groups is 1. The van der Waals surface area contributed by atoms with Crippen LogP contribution in [0.4, 0.5) is 5.69 Å². The molecule has 1 heterocycles. The van der Waals surface area contributed by atoms with E-state index < -0.39 is 5.97 Å². The van der Waals surface area contributed by atoms with E-state index in [2.05, 4.69) is 4.98 Å². The molecule has 1 aromatic heterocycles. The molecule has 0 fully saturated rings. The third kappa shape index (κ3) is 2.71. The first-order valence-electron chi connectivity index (χ1n) is 6.11. The molecule has 104 valence electrons. The first kappa shape index (κ1) is 13.9. The lowest BCUT2D eigenvalue weighted by Crippen LogP contribution is -2.05. The number of nitrogens with zero attached hydrogens (tertiary/aromatic N) is 1. The van der Waals surface area contributed by atoms with Crippen LogP contribution in [0.15, 0.2) is 30.5 Å². The van der Waals surface area contributed by atoms with E-state index in [4.69, 9.17) is 15.2 Å². The molecule has 0 saturated heterocycles. The topological polar surface area (TPSA) is 74.4 Å². The van der Waals surface area contributed by atoms with Crippen LogP contribution < -0.4 is 10.5 Å². The van der Waals surface area contributed by atoms with Gasteiger partial charge in [-0.3, -0.25) is 0 Å². The second-order valence-electron chi connectivity index (χ2n) is 4.42. The van der Waals surface area contributed by atoms with Crippen molar-refractivity contribution in [2.45, 2.75) is 13.8 Å². The summed E-state index contributed by atoms with van der Waals surface area (Å²) in [7, 11) is 1.31. The lowest BCUT2D eigenvalue weighted by molar-refractivity contribution is 0.0597. The maximum absolute atomic E-state index is 11.7. The van der Waals surface area contributed by atoms with Gasteiger partial charge in [-0.15, -0.1) is 0 Å². The number of pyridine rings is 1. The fraction of sp³-hybridized carbons (Fsp3) is 0.200. The van der Waals surface area contributed by atoms with Crippen LogP contribution in [0.2, 0.25) is 0 Å². The van der Waals surface area contributed by atoms with Gasteiger partial charge >= 0.3 is 5.97 Å². The van der Waals surface area contributed by atoms with Crippen molar-refractivity contribution < 1.29 is 14.3 Å². The number of anilines is 1. The minimum Gasteiger partial charge on any atom is -0.465 e. The summed E-state index contributed by atoms with van der Waals surface area (Å²) in [6.07, 6.45) is 1.55. The molecule has 0 aliphatic heterocycles. The van der Waals surface area contributed by atoms with Crippen molar-refractivity contribution >= 4 is 11.7 Å². The highest BCUT2D eigenvalue weighted by Crippen LogP contribution is 2.29. The molecule has 0 radical (unpaired) electrons. The molecular weight excluding hydrogens is 256 g/mol. The number of rotatable bonds is 3. The van der Waals surface area contributed by atoms with Gasteiger partial charge in [0.15, 0.2) is 0 Å². The van der Waals surface area contributed by atoms with Crippen molar-refractivity contribution in [1.29, 1.82) is 0 Å². The summed E-state index contributed by atoms with van der Waals surface area (Å²) in [5.74, 6) is 0.272. The minimum absolute atomic E-state index is 0.200. The number of aryl methyl sites for hydroxylation is 2. The molecule has 0 atom stereocenters. The Labute approximate surface area is 117 Å². The van der Waals surface area contributed by atoms with E-state index in [9.17, 15) is 4.79 Å². The molecule has 2 aromatic rings. The summed E-state index contributed by atoms with van der Waals surface area (Å²) >= 11 is 0. The molecule has 0 amide bonds. The Morgan fingerprint density at radius 3 is 2.70 bits per heavy atom. The predicted molar refractivity (Wildman–Crippen MR) is 76.0 cm³/mol. The van der Waals surface area contributed by atoms with E-state index in [0.29, 0.717) is 11.4 Å². The zero-order chi connectivity index (χ0) is 14.7. The van der Waals surface area contributed by atoms with Gasteiger partial charge in [-0.1, -0.05) is 6.07 Å². The van der Waals surface area contributed by atoms with Crippen molar-refractivity contribution in [2.75, 3.05) is 12.8 Å². The fourth-order valence-corrected chi connectivity index (χ4v) is 1.80. The number of nitrogens with two attached hydrogens (primary N) is 1. The van der Waals surface area contributed by atoms with Crippen LogP contribution in [0.25, 0.3) is 0 Å².